The summed E-state index contributed by atoms with van der Waals surface area (Å²) in [5.41, 5.74) is 2.70. The molecule has 0 aliphatic heterocycles. The SMILES string of the molecule is CC(C)(C)[Si](C)(C)O[C@H](CCO)[C@@H]1C[C@H]1COC(c1ccccc1)(c1ccccc1)c1ccccc1. The number of aliphatic hydroxyl groups is 1. The lowest BCUT2D eigenvalue weighted by Gasteiger charge is -2.39. The van der Waals surface area contributed by atoms with Gasteiger partial charge in [-0.15, -0.1) is 0 Å². The van der Waals surface area contributed by atoms with Crippen LogP contribution in [0.4, 0.5) is 0 Å². The average Bonchev–Trinajstić information content (AvgIpc) is 3.65. The van der Waals surface area contributed by atoms with Gasteiger partial charge in [0, 0.05) is 6.61 Å². The average molecular weight is 503 g/mol. The lowest BCUT2D eigenvalue weighted by Crippen LogP contribution is -2.45. The molecule has 0 spiro atoms. The van der Waals surface area contributed by atoms with E-state index in [1.807, 2.05) is 0 Å². The van der Waals surface area contributed by atoms with Gasteiger partial charge in [-0.2, -0.15) is 0 Å². The molecule has 1 aliphatic rings. The van der Waals surface area contributed by atoms with E-state index in [0.29, 0.717) is 24.9 Å². The molecule has 1 saturated carbocycles. The highest BCUT2D eigenvalue weighted by molar-refractivity contribution is 6.74. The number of hydrogen-bond donors (Lipinski definition) is 1. The maximum absolute atomic E-state index is 9.81. The largest absolute Gasteiger partial charge is 0.414 e. The van der Waals surface area contributed by atoms with Crippen molar-refractivity contribution in [3.05, 3.63) is 108 Å². The molecule has 0 aromatic heterocycles. The first-order chi connectivity index (χ1) is 17.2. The third-order valence-corrected chi connectivity index (χ3v) is 12.7. The van der Waals surface area contributed by atoms with Gasteiger partial charge in [0.05, 0.1) is 12.7 Å². The van der Waals surface area contributed by atoms with Gasteiger partial charge in [0.25, 0.3) is 0 Å². The van der Waals surface area contributed by atoms with Crippen LogP contribution in [0.15, 0.2) is 91.0 Å². The summed E-state index contributed by atoms with van der Waals surface area (Å²) in [6.07, 6.45) is 1.85. The van der Waals surface area contributed by atoms with Crippen LogP contribution < -0.4 is 0 Å². The Morgan fingerprint density at radius 2 is 1.25 bits per heavy atom. The normalized spacial score (nSPS) is 19.2. The Morgan fingerprint density at radius 1 is 0.806 bits per heavy atom. The third-order valence-electron chi connectivity index (χ3n) is 8.18. The molecule has 0 amide bonds. The topological polar surface area (TPSA) is 38.7 Å². The van der Waals surface area contributed by atoms with Gasteiger partial charge in [-0.1, -0.05) is 112 Å². The van der Waals surface area contributed by atoms with E-state index < -0.39 is 13.9 Å². The molecule has 3 atom stereocenters. The second-order valence-electron chi connectivity index (χ2n) is 11.7. The van der Waals surface area contributed by atoms with Crippen LogP contribution in [0.2, 0.25) is 18.1 Å². The second kappa shape index (κ2) is 11.0. The minimum atomic E-state index is -1.93. The summed E-state index contributed by atoms with van der Waals surface area (Å²) in [6.45, 7) is 12.2. The molecule has 0 saturated heterocycles. The molecule has 0 radical (unpaired) electrons. The van der Waals surface area contributed by atoms with Crippen molar-refractivity contribution in [1.29, 1.82) is 0 Å². The predicted octanol–water partition coefficient (Wildman–Crippen LogP) is 7.40. The number of benzene rings is 3. The molecule has 192 valence electrons. The summed E-state index contributed by atoms with van der Waals surface area (Å²) < 4.78 is 13.9. The monoisotopic (exact) mass is 502 g/mol. The van der Waals surface area contributed by atoms with Gasteiger partial charge >= 0.3 is 0 Å². The van der Waals surface area contributed by atoms with Crippen LogP contribution in [0, 0.1) is 11.8 Å². The van der Waals surface area contributed by atoms with Gasteiger partial charge in [0.1, 0.15) is 5.60 Å². The summed E-state index contributed by atoms with van der Waals surface area (Å²) in [5, 5.41) is 9.95. The van der Waals surface area contributed by atoms with Crippen LogP contribution in [-0.2, 0) is 14.8 Å². The predicted molar refractivity (Wildman–Crippen MR) is 151 cm³/mol. The maximum Gasteiger partial charge on any atom is 0.192 e. The molecule has 3 aromatic rings. The molecule has 0 bridgehead atoms. The number of ether oxygens (including phenoxy) is 1. The first-order valence-electron chi connectivity index (χ1n) is 13.3. The summed E-state index contributed by atoms with van der Waals surface area (Å²) in [5.74, 6) is 0.841. The molecular formula is C32H42O3Si. The van der Waals surface area contributed by atoms with E-state index in [1.165, 1.54) is 0 Å². The first-order valence-corrected chi connectivity index (χ1v) is 16.2. The molecule has 1 aliphatic carbocycles. The molecule has 1 N–H and O–H groups in total. The molecule has 0 unspecified atom stereocenters. The van der Waals surface area contributed by atoms with Crippen molar-refractivity contribution in [2.45, 2.75) is 63.5 Å². The lowest BCUT2D eigenvalue weighted by molar-refractivity contribution is 0.0000979. The quantitative estimate of drug-likeness (QED) is 0.219. The zero-order chi connectivity index (χ0) is 25.8. The van der Waals surface area contributed by atoms with Crippen LogP contribution in [0.25, 0.3) is 0 Å². The van der Waals surface area contributed by atoms with Crippen LogP contribution in [0.3, 0.4) is 0 Å². The van der Waals surface area contributed by atoms with E-state index in [9.17, 15) is 5.11 Å². The van der Waals surface area contributed by atoms with E-state index in [0.717, 1.165) is 23.1 Å². The van der Waals surface area contributed by atoms with Gasteiger partial charge < -0.3 is 14.3 Å². The Balaban J connectivity index is 1.62. The Morgan fingerprint density at radius 3 is 1.64 bits per heavy atom. The molecule has 4 rings (SSSR count). The summed E-state index contributed by atoms with van der Waals surface area (Å²) in [7, 11) is -1.93. The van der Waals surface area contributed by atoms with E-state index >= 15 is 0 Å². The minimum absolute atomic E-state index is 0.0871. The van der Waals surface area contributed by atoms with Gasteiger partial charge in [-0.05, 0) is 59.5 Å². The highest BCUT2D eigenvalue weighted by Gasteiger charge is 2.49. The molecule has 3 nitrogen and oxygen atoms in total. The third kappa shape index (κ3) is 5.68. The lowest BCUT2D eigenvalue weighted by atomic mass is 9.80. The van der Waals surface area contributed by atoms with Crippen molar-refractivity contribution in [2.75, 3.05) is 13.2 Å². The van der Waals surface area contributed by atoms with Crippen molar-refractivity contribution in [3.8, 4) is 0 Å². The van der Waals surface area contributed by atoms with Gasteiger partial charge in [-0.3, -0.25) is 0 Å². The number of rotatable bonds is 11. The van der Waals surface area contributed by atoms with Crippen LogP contribution in [0.1, 0.15) is 50.3 Å². The van der Waals surface area contributed by atoms with Crippen LogP contribution in [-0.4, -0.2) is 32.7 Å². The number of hydrogen-bond acceptors (Lipinski definition) is 3. The standard InChI is InChI=1S/C32H42O3Si/c1-31(2,3)36(4,5)35-30(21-22-33)29-23-25(29)24-34-32(26-15-9-6-10-16-26,27-17-11-7-12-18-27)28-19-13-8-14-20-28/h6-20,25,29-30,33H,21-24H2,1-5H3/t25-,29+,30+/m0/s1. The van der Waals surface area contributed by atoms with Crippen molar-refractivity contribution < 1.29 is 14.3 Å². The van der Waals surface area contributed by atoms with Crippen molar-refractivity contribution in [1.82, 2.24) is 0 Å². The van der Waals surface area contributed by atoms with Crippen molar-refractivity contribution in [2.24, 2.45) is 11.8 Å². The first kappa shape index (κ1) is 26.8. The molecular weight excluding hydrogens is 460 g/mol. The Bertz CT molecular complexity index is 980. The second-order valence-corrected chi connectivity index (χ2v) is 16.4. The van der Waals surface area contributed by atoms with Gasteiger partial charge in [0.2, 0.25) is 0 Å². The van der Waals surface area contributed by atoms with Gasteiger partial charge in [-0.25, -0.2) is 0 Å². The van der Waals surface area contributed by atoms with Crippen LogP contribution in [0.5, 0.6) is 0 Å². The fraction of sp³-hybridized carbons (Fsp3) is 0.438. The zero-order valence-electron chi connectivity index (χ0n) is 22.5. The van der Waals surface area contributed by atoms with Crippen molar-refractivity contribution >= 4 is 8.32 Å². The fourth-order valence-corrected chi connectivity index (χ4v) is 6.36. The zero-order valence-corrected chi connectivity index (χ0v) is 23.5. The van der Waals surface area contributed by atoms with E-state index in [-0.39, 0.29) is 17.7 Å². The van der Waals surface area contributed by atoms with E-state index in [4.69, 9.17) is 9.16 Å². The van der Waals surface area contributed by atoms with E-state index in [1.54, 1.807) is 0 Å². The molecule has 36 heavy (non-hydrogen) atoms. The fourth-order valence-electron chi connectivity index (χ4n) is 4.96. The highest BCUT2D eigenvalue weighted by Crippen LogP contribution is 2.49. The Labute approximate surface area is 218 Å². The van der Waals surface area contributed by atoms with E-state index in [2.05, 4.69) is 125 Å². The summed E-state index contributed by atoms with van der Waals surface area (Å²) >= 11 is 0. The summed E-state index contributed by atoms with van der Waals surface area (Å²) in [4.78, 5) is 0. The highest BCUT2D eigenvalue weighted by atomic mass is 28.4. The molecule has 1 fully saturated rings. The number of aliphatic hydroxyl groups excluding tert-OH is 1. The maximum atomic E-state index is 9.81. The Kier molecular flexibility index (Phi) is 8.21. The van der Waals surface area contributed by atoms with Crippen LogP contribution >= 0.6 is 0 Å². The molecule has 3 aromatic carbocycles. The Hall–Kier alpha value is -2.24. The smallest absolute Gasteiger partial charge is 0.192 e. The molecule has 0 heterocycles. The van der Waals surface area contributed by atoms with Gasteiger partial charge in [0.15, 0.2) is 8.32 Å². The minimum Gasteiger partial charge on any atom is -0.414 e. The summed E-state index contributed by atoms with van der Waals surface area (Å²) in [6, 6.07) is 31.7. The molecule has 4 heteroatoms. The van der Waals surface area contributed by atoms with Crippen molar-refractivity contribution in [3.63, 3.8) is 0 Å².